The predicted octanol–water partition coefficient (Wildman–Crippen LogP) is 1.87. The van der Waals surface area contributed by atoms with Crippen LogP contribution in [0.2, 0.25) is 0 Å². The van der Waals surface area contributed by atoms with Gasteiger partial charge in [0.15, 0.2) is 0 Å². The molecule has 0 saturated heterocycles. The number of nitrogens with zero attached hydrogens (tertiary/aromatic N) is 1. The summed E-state index contributed by atoms with van der Waals surface area (Å²) in [4.78, 5) is 0. The Morgan fingerprint density at radius 2 is 2.12 bits per heavy atom. The fraction of sp³-hybridized carbons (Fsp3) is 0.571. The van der Waals surface area contributed by atoms with Crippen molar-refractivity contribution in [3.63, 3.8) is 0 Å². The molecule has 8 heavy (non-hydrogen) atoms. The van der Waals surface area contributed by atoms with Gasteiger partial charge in [0.2, 0.25) is 0 Å². The minimum Gasteiger partial charge on any atom is -0.198 e. The van der Waals surface area contributed by atoms with Gasteiger partial charge in [0.1, 0.15) is 0 Å². The maximum atomic E-state index is 8.25. The summed E-state index contributed by atoms with van der Waals surface area (Å²) < 4.78 is 0. The monoisotopic (exact) mass is 107 g/mol. The molecule has 0 unspecified atom stereocenters. The molecule has 1 aliphatic rings. The van der Waals surface area contributed by atoms with E-state index in [1.807, 2.05) is 0 Å². The van der Waals surface area contributed by atoms with Gasteiger partial charge in [-0.15, -0.1) is 0 Å². The van der Waals surface area contributed by atoms with Crippen LogP contribution in [0.4, 0.5) is 0 Å². The summed E-state index contributed by atoms with van der Waals surface area (Å²) >= 11 is 0. The fourth-order valence-corrected chi connectivity index (χ4v) is 0.969. The van der Waals surface area contributed by atoms with Gasteiger partial charge in [-0.05, 0) is 18.8 Å². The van der Waals surface area contributed by atoms with Gasteiger partial charge in [0.25, 0.3) is 0 Å². The van der Waals surface area contributed by atoms with Gasteiger partial charge in [-0.25, -0.2) is 0 Å². The van der Waals surface area contributed by atoms with Crippen molar-refractivity contribution in [2.45, 2.75) is 19.3 Å². The molecule has 0 bridgehead atoms. The second-order valence-corrected chi connectivity index (χ2v) is 2.17. The first kappa shape index (κ1) is 5.37. The molecule has 0 amide bonds. The van der Waals surface area contributed by atoms with E-state index in [4.69, 9.17) is 5.26 Å². The van der Waals surface area contributed by atoms with Gasteiger partial charge in [-0.1, -0.05) is 12.2 Å². The average Bonchev–Trinajstić information content (AvgIpc) is 2.19. The molecule has 0 heterocycles. The molecule has 42 valence electrons. The van der Waals surface area contributed by atoms with Crippen molar-refractivity contribution in [3.8, 4) is 6.07 Å². The zero-order chi connectivity index (χ0) is 5.82. The molecule has 1 nitrogen and oxygen atoms in total. The number of rotatable bonds is 1. The maximum absolute atomic E-state index is 8.25. The summed E-state index contributed by atoms with van der Waals surface area (Å²) in [5, 5.41) is 8.25. The van der Waals surface area contributed by atoms with Crippen LogP contribution >= 0.6 is 0 Å². The Hall–Kier alpha value is -0.770. The summed E-state index contributed by atoms with van der Waals surface area (Å²) in [6.45, 7) is 0. The minimum absolute atomic E-state index is 0.639. The Balaban J connectivity index is 2.22. The highest BCUT2D eigenvalue weighted by Crippen LogP contribution is 2.19. The lowest BCUT2D eigenvalue weighted by Gasteiger charge is -1.98. The zero-order valence-electron chi connectivity index (χ0n) is 4.80. The highest BCUT2D eigenvalue weighted by Gasteiger charge is 2.07. The molecule has 0 spiro atoms. The zero-order valence-corrected chi connectivity index (χ0v) is 4.80. The lowest BCUT2D eigenvalue weighted by molar-refractivity contribution is 0.586. The van der Waals surface area contributed by atoms with Crippen LogP contribution in [0.5, 0.6) is 0 Å². The van der Waals surface area contributed by atoms with E-state index in [2.05, 4.69) is 18.2 Å². The van der Waals surface area contributed by atoms with Crippen LogP contribution in [0.25, 0.3) is 0 Å². The molecule has 0 atom stereocenters. The Labute approximate surface area is 49.6 Å². The summed E-state index contributed by atoms with van der Waals surface area (Å²) in [6, 6.07) is 2.17. The number of hydrogen-bond acceptors (Lipinski definition) is 1. The van der Waals surface area contributed by atoms with E-state index in [9.17, 15) is 0 Å². The first-order valence-corrected chi connectivity index (χ1v) is 2.95. The molecule has 1 aliphatic carbocycles. The largest absolute Gasteiger partial charge is 0.198 e. The lowest BCUT2D eigenvalue weighted by atomic mass is 10.1. The Kier molecular flexibility index (Phi) is 1.69. The predicted molar refractivity (Wildman–Crippen MR) is 32.1 cm³/mol. The van der Waals surface area contributed by atoms with Crippen LogP contribution in [0, 0.1) is 17.2 Å². The maximum Gasteiger partial charge on any atom is 0.0624 e. The Morgan fingerprint density at radius 1 is 1.50 bits per heavy atom. The molecule has 0 aliphatic heterocycles. The van der Waals surface area contributed by atoms with E-state index in [1.165, 1.54) is 0 Å². The highest BCUT2D eigenvalue weighted by atomic mass is 14.2. The third kappa shape index (κ3) is 1.10. The molecule has 1 heteroatoms. The van der Waals surface area contributed by atoms with Crippen molar-refractivity contribution >= 4 is 0 Å². The molecule has 0 aromatic heterocycles. The van der Waals surface area contributed by atoms with Crippen LogP contribution in [-0.2, 0) is 0 Å². The van der Waals surface area contributed by atoms with Gasteiger partial charge in [-0.2, -0.15) is 5.26 Å². The van der Waals surface area contributed by atoms with Crippen molar-refractivity contribution in [1.82, 2.24) is 0 Å². The second-order valence-electron chi connectivity index (χ2n) is 2.17. The Bertz CT molecular complexity index is 122. The first-order chi connectivity index (χ1) is 3.93. The van der Waals surface area contributed by atoms with Gasteiger partial charge in [-0.3, -0.25) is 0 Å². The van der Waals surface area contributed by atoms with E-state index in [0.717, 1.165) is 19.3 Å². The molecular formula is C7H9N. The average molecular weight is 107 g/mol. The van der Waals surface area contributed by atoms with Crippen molar-refractivity contribution < 1.29 is 0 Å². The van der Waals surface area contributed by atoms with Gasteiger partial charge >= 0.3 is 0 Å². The third-order valence-corrected chi connectivity index (χ3v) is 1.49. The Morgan fingerprint density at radius 3 is 2.62 bits per heavy atom. The van der Waals surface area contributed by atoms with Crippen LogP contribution in [0.15, 0.2) is 12.2 Å². The van der Waals surface area contributed by atoms with Gasteiger partial charge in [0, 0.05) is 6.42 Å². The van der Waals surface area contributed by atoms with Crippen LogP contribution in [-0.4, -0.2) is 0 Å². The van der Waals surface area contributed by atoms with Crippen molar-refractivity contribution in [3.05, 3.63) is 12.2 Å². The topological polar surface area (TPSA) is 23.8 Å². The first-order valence-electron chi connectivity index (χ1n) is 2.95. The van der Waals surface area contributed by atoms with Crippen molar-refractivity contribution in [2.75, 3.05) is 0 Å². The van der Waals surface area contributed by atoms with Crippen LogP contribution in [0.1, 0.15) is 19.3 Å². The minimum atomic E-state index is 0.639. The smallest absolute Gasteiger partial charge is 0.0624 e. The van der Waals surface area contributed by atoms with Crippen molar-refractivity contribution in [1.29, 1.82) is 5.26 Å². The van der Waals surface area contributed by atoms with E-state index in [1.54, 1.807) is 0 Å². The summed E-state index contributed by atoms with van der Waals surface area (Å²) in [5.74, 6) is 0.639. The SMILES string of the molecule is N#CCC1CC=CC1. The molecule has 0 aromatic rings. The summed E-state index contributed by atoms with van der Waals surface area (Å²) in [6.07, 6.45) is 7.28. The second kappa shape index (κ2) is 2.52. The molecule has 0 saturated carbocycles. The van der Waals surface area contributed by atoms with Gasteiger partial charge in [0.05, 0.1) is 6.07 Å². The molecule has 0 N–H and O–H groups in total. The van der Waals surface area contributed by atoms with Crippen molar-refractivity contribution in [2.24, 2.45) is 5.92 Å². The van der Waals surface area contributed by atoms with E-state index in [0.29, 0.717) is 5.92 Å². The number of nitriles is 1. The summed E-state index contributed by atoms with van der Waals surface area (Å²) in [5.41, 5.74) is 0. The number of allylic oxidation sites excluding steroid dienone is 2. The normalized spacial score (nSPS) is 18.9. The molecule has 1 rings (SSSR count). The quantitative estimate of drug-likeness (QED) is 0.469. The van der Waals surface area contributed by atoms with Gasteiger partial charge < -0.3 is 0 Å². The molecular weight excluding hydrogens is 98.1 g/mol. The summed E-state index contributed by atoms with van der Waals surface area (Å²) in [7, 11) is 0. The van der Waals surface area contributed by atoms with Crippen LogP contribution in [0.3, 0.4) is 0 Å². The standard InChI is InChI=1S/C7H9N/c8-6-5-7-3-1-2-4-7/h1-2,7H,3-5H2. The lowest BCUT2D eigenvalue weighted by Crippen LogP contribution is -1.89. The molecule has 0 fully saturated rings. The molecule has 0 radical (unpaired) electrons. The van der Waals surface area contributed by atoms with E-state index < -0.39 is 0 Å². The van der Waals surface area contributed by atoms with E-state index >= 15 is 0 Å². The fourth-order valence-electron chi connectivity index (χ4n) is 0.969. The molecule has 0 aromatic carbocycles. The number of hydrogen-bond donors (Lipinski definition) is 0. The van der Waals surface area contributed by atoms with E-state index in [-0.39, 0.29) is 0 Å². The third-order valence-electron chi connectivity index (χ3n) is 1.49. The highest BCUT2D eigenvalue weighted by molar-refractivity contribution is 4.96. The van der Waals surface area contributed by atoms with Crippen LogP contribution < -0.4 is 0 Å².